The summed E-state index contributed by atoms with van der Waals surface area (Å²) in [5, 5.41) is 0. The third kappa shape index (κ3) is 5.44. The van der Waals surface area contributed by atoms with Gasteiger partial charge < -0.3 is 9.47 Å². The molecular weight excluding hydrogens is 192 g/mol. The van der Waals surface area contributed by atoms with E-state index in [-0.39, 0.29) is 12.1 Å². The summed E-state index contributed by atoms with van der Waals surface area (Å²) in [6.45, 7) is 2.87. The van der Waals surface area contributed by atoms with Crippen LogP contribution in [0.1, 0.15) is 45.4 Å². The number of carbonyl (C=O) groups is 1. The number of ether oxygens (including phenoxy) is 2. The van der Waals surface area contributed by atoms with E-state index in [1.54, 1.807) is 0 Å². The van der Waals surface area contributed by atoms with Crippen molar-refractivity contribution in [1.29, 1.82) is 0 Å². The average molecular weight is 210 g/mol. The van der Waals surface area contributed by atoms with Crippen molar-refractivity contribution in [3.05, 3.63) is 0 Å². The van der Waals surface area contributed by atoms with Crippen molar-refractivity contribution in [2.24, 2.45) is 0 Å². The van der Waals surface area contributed by atoms with Crippen LogP contribution in [0.2, 0.25) is 0 Å². The van der Waals surface area contributed by atoms with E-state index >= 15 is 0 Å². The number of hydrogen-bond donors (Lipinski definition) is 0. The Morgan fingerprint density at radius 2 is 2.47 bits per heavy atom. The normalized spacial score (nSPS) is 19.4. The molecule has 0 amide bonds. The van der Waals surface area contributed by atoms with Crippen LogP contribution < -0.4 is 0 Å². The minimum absolute atomic E-state index is 0.225. The lowest BCUT2D eigenvalue weighted by molar-refractivity contribution is -0.136. The lowest BCUT2D eigenvalue weighted by Crippen LogP contribution is -2.03. The SMILES string of the molecule is CCCCC(=O)OC#CC[C@H]1CCCO1. The van der Waals surface area contributed by atoms with Crippen molar-refractivity contribution in [1.82, 2.24) is 0 Å². The van der Waals surface area contributed by atoms with Crippen molar-refractivity contribution >= 4 is 5.97 Å². The summed E-state index contributed by atoms with van der Waals surface area (Å²) in [5.41, 5.74) is 0. The van der Waals surface area contributed by atoms with E-state index in [0.717, 1.165) is 32.3 Å². The van der Waals surface area contributed by atoms with Gasteiger partial charge in [0.2, 0.25) is 0 Å². The molecule has 1 fully saturated rings. The van der Waals surface area contributed by atoms with Crippen LogP contribution in [0.5, 0.6) is 0 Å². The molecule has 0 N–H and O–H groups in total. The molecule has 0 spiro atoms. The molecule has 1 saturated heterocycles. The van der Waals surface area contributed by atoms with Crippen LogP contribution in [0.3, 0.4) is 0 Å². The van der Waals surface area contributed by atoms with Gasteiger partial charge in [-0.05, 0) is 19.3 Å². The van der Waals surface area contributed by atoms with Crippen molar-refractivity contribution in [3.63, 3.8) is 0 Å². The first-order valence-electron chi connectivity index (χ1n) is 5.62. The molecule has 1 heterocycles. The molecule has 3 nitrogen and oxygen atoms in total. The molecule has 0 aromatic rings. The zero-order valence-electron chi connectivity index (χ0n) is 9.25. The fourth-order valence-electron chi connectivity index (χ4n) is 1.43. The van der Waals surface area contributed by atoms with Crippen LogP contribution in [0, 0.1) is 12.0 Å². The van der Waals surface area contributed by atoms with Crippen LogP contribution in [0.4, 0.5) is 0 Å². The van der Waals surface area contributed by atoms with Crippen LogP contribution in [0.25, 0.3) is 0 Å². The third-order valence-electron chi connectivity index (χ3n) is 2.33. The topological polar surface area (TPSA) is 35.5 Å². The molecule has 0 aliphatic carbocycles. The first kappa shape index (κ1) is 12.1. The fourth-order valence-corrected chi connectivity index (χ4v) is 1.43. The number of carbonyl (C=O) groups excluding carboxylic acids is 1. The van der Waals surface area contributed by atoms with E-state index < -0.39 is 0 Å². The molecule has 84 valence electrons. The summed E-state index contributed by atoms with van der Waals surface area (Å²) in [4.78, 5) is 11.0. The predicted octanol–water partition coefficient (Wildman–Crippen LogP) is 2.25. The van der Waals surface area contributed by atoms with Crippen LogP contribution >= 0.6 is 0 Å². The lowest BCUT2D eigenvalue weighted by Gasteiger charge is -2.01. The van der Waals surface area contributed by atoms with E-state index in [0.29, 0.717) is 12.8 Å². The van der Waals surface area contributed by atoms with Crippen LogP contribution in [0.15, 0.2) is 0 Å². The monoisotopic (exact) mass is 210 g/mol. The highest BCUT2D eigenvalue weighted by Crippen LogP contribution is 2.14. The molecule has 1 aliphatic rings. The van der Waals surface area contributed by atoms with Gasteiger partial charge in [-0.15, -0.1) is 0 Å². The number of rotatable bonds is 4. The van der Waals surface area contributed by atoms with E-state index in [9.17, 15) is 4.79 Å². The minimum Gasteiger partial charge on any atom is -0.377 e. The molecule has 0 bridgehead atoms. The number of hydrogen-bond acceptors (Lipinski definition) is 3. The molecule has 0 unspecified atom stereocenters. The smallest absolute Gasteiger partial charge is 0.319 e. The van der Waals surface area contributed by atoms with E-state index in [4.69, 9.17) is 9.47 Å². The standard InChI is InChI=1S/C12H18O3/c1-2-3-8-12(13)15-10-5-7-11-6-4-9-14-11/h11H,2-4,6-9H2,1H3/t11-/m1/s1. The first-order chi connectivity index (χ1) is 7.33. The predicted molar refractivity (Wildman–Crippen MR) is 57.0 cm³/mol. The molecule has 0 aromatic carbocycles. The van der Waals surface area contributed by atoms with Gasteiger partial charge in [0.25, 0.3) is 0 Å². The van der Waals surface area contributed by atoms with Gasteiger partial charge in [-0.25, -0.2) is 0 Å². The van der Waals surface area contributed by atoms with Gasteiger partial charge in [-0.2, -0.15) is 0 Å². The van der Waals surface area contributed by atoms with Gasteiger partial charge in [0, 0.05) is 19.4 Å². The minimum atomic E-state index is -0.225. The molecular formula is C12H18O3. The zero-order chi connectivity index (χ0) is 10.9. The molecule has 15 heavy (non-hydrogen) atoms. The summed E-state index contributed by atoms with van der Waals surface area (Å²) in [7, 11) is 0. The van der Waals surface area contributed by atoms with Gasteiger partial charge in [-0.3, -0.25) is 4.79 Å². The Balaban J connectivity index is 2.07. The molecule has 1 aliphatic heterocycles. The summed E-state index contributed by atoms with van der Waals surface area (Å²) in [6.07, 6.45) is 7.86. The Kier molecular flexibility index (Phi) is 5.87. The second kappa shape index (κ2) is 7.30. The maximum absolute atomic E-state index is 11.0. The van der Waals surface area contributed by atoms with Gasteiger partial charge in [0.1, 0.15) is 6.11 Å². The summed E-state index contributed by atoms with van der Waals surface area (Å²) in [5.74, 6) is 2.59. The largest absolute Gasteiger partial charge is 0.377 e. The van der Waals surface area contributed by atoms with Crippen molar-refractivity contribution in [2.75, 3.05) is 6.61 Å². The highest BCUT2D eigenvalue weighted by atomic mass is 16.5. The molecule has 0 radical (unpaired) electrons. The van der Waals surface area contributed by atoms with E-state index in [2.05, 4.69) is 12.0 Å². The molecule has 1 atom stereocenters. The average Bonchev–Trinajstić information content (AvgIpc) is 2.74. The van der Waals surface area contributed by atoms with Gasteiger partial charge in [0.05, 0.1) is 6.10 Å². The van der Waals surface area contributed by atoms with Gasteiger partial charge in [0.15, 0.2) is 0 Å². The summed E-state index contributed by atoms with van der Waals surface area (Å²) >= 11 is 0. The second-order valence-corrected chi connectivity index (χ2v) is 3.70. The molecule has 3 heteroatoms. The maximum Gasteiger partial charge on any atom is 0.319 e. The van der Waals surface area contributed by atoms with Crippen molar-refractivity contribution in [3.8, 4) is 12.0 Å². The van der Waals surface area contributed by atoms with E-state index in [1.807, 2.05) is 6.92 Å². The Morgan fingerprint density at radius 3 is 3.13 bits per heavy atom. The second-order valence-electron chi connectivity index (χ2n) is 3.70. The highest BCUT2D eigenvalue weighted by molar-refractivity contribution is 5.70. The number of esters is 1. The van der Waals surface area contributed by atoms with Crippen molar-refractivity contribution in [2.45, 2.75) is 51.6 Å². The van der Waals surface area contributed by atoms with Gasteiger partial charge in [-0.1, -0.05) is 19.3 Å². The van der Waals surface area contributed by atoms with Gasteiger partial charge >= 0.3 is 5.97 Å². The highest BCUT2D eigenvalue weighted by Gasteiger charge is 2.13. The van der Waals surface area contributed by atoms with E-state index in [1.165, 1.54) is 0 Å². The Labute approximate surface area is 91.1 Å². The lowest BCUT2D eigenvalue weighted by atomic mass is 10.2. The van der Waals surface area contributed by atoms with Crippen LogP contribution in [-0.2, 0) is 14.3 Å². The zero-order valence-corrected chi connectivity index (χ0v) is 9.25. The Morgan fingerprint density at radius 1 is 1.60 bits per heavy atom. The Hall–Kier alpha value is -1.01. The fraction of sp³-hybridized carbons (Fsp3) is 0.750. The number of unbranched alkanes of at least 4 members (excludes halogenated alkanes) is 1. The Bertz CT molecular complexity index is 243. The third-order valence-corrected chi connectivity index (χ3v) is 2.33. The van der Waals surface area contributed by atoms with Crippen LogP contribution in [-0.4, -0.2) is 18.7 Å². The summed E-state index contributed by atoms with van der Waals surface area (Å²) in [6, 6.07) is 0. The molecule has 1 rings (SSSR count). The first-order valence-corrected chi connectivity index (χ1v) is 5.62. The molecule has 0 aromatic heterocycles. The maximum atomic E-state index is 11.0. The quantitative estimate of drug-likeness (QED) is 0.527. The van der Waals surface area contributed by atoms with Crippen molar-refractivity contribution < 1.29 is 14.3 Å². The molecule has 0 saturated carbocycles. The summed E-state index contributed by atoms with van der Waals surface area (Å²) < 4.78 is 10.1.